The summed E-state index contributed by atoms with van der Waals surface area (Å²) in [5.74, 6) is 0. The molecule has 1 aliphatic carbocycles. The Hall–Kier alpha value is -1.35. The van der Waals surface area contributed by atoms with Gasteiger partial charge in [-0.3, -0.25) is 0 Å². The van der Waals surface area contributed by atoms with E-state index in [9.17, 15) is 0 Å². The van der Waals surface area contributed by atoms with Crippen LogP contribution in [0.15, 0.2) is 29.4 Å². The number of rotatable bonds is 0. The zero-order chi connectivity index (χ0) is 8.55. The number of benzene rings is 1. The first-order chi connectivity index (χ1) is 5.83. The average molecular weight is 162 g/mol. The molecule has 1 aromatic rings. The molecule has 0 aromatic heterocycles. The van der Waals surface area contributed by atoms with E-state index in [1.807, 2.05) is 24.3 Å². The Morgan fingerprint density at radius 3 is 2.83 bits per heavy atom. The van der Waals surface area contributed by atoms with E-state index in [0.29, 0.717) is 12.1 Å². The van der Waals surface area contributed by atoms with E-state index in [2.05, 4.69) is 5.16 Å². The molecule has 1 aliphatic rings. The van der Waals surface area contributed by atoms with Gasteiger partial charge < -0.3 is 10.9 Å². The maximum atomic E-state index is 8.62. The summed E-state index contributed by atoms with van der Waals surface area (Å²) >= 11 is 0. The quantitative estimate of drug-likeness (QED) is 0.443. The number of nitrogens with zero attached hydrogens (tertiary/aromatic N) is 1. The molecule has 0 fully saturated rings. The molecule has 0 saturated carbocycles. The maximum absolute atomic E-state index is 8.62. The van der Waals surface area contributed by atoms with Crippen molar-refractivity contribution in [1.82, 2.24) is 0 Å². The first kappa shape index (κ1) is 7.31. The first-order valence-corrected chi connectivity index (χ1v) is 3.87. The second kappa shape index (κ2) is 2.60. The second-order valence-electron chi connectivity index (χ2n) is 2.94. The van der Waals surface area contributed by atoms with Crippen molar-refractivity contribution in [1.29, 1.82) is 0 Å². The molecule has 0 bridgehead atoms. The highest BCUT2D eigenvalue weighted by atomic mass is 16.4. The lowest BCUT2D eigenvalue weighted by Crippen LogP contribution is -2.16. The summed E-state index contributed by atoms with van der Waals surface area (Å²) in [5, 5.41) is 11.8. The van der Waals surface area contributed by atoms with Crippen LogP contribution < -0.4 is 5.73 Å². The summed E-state index contributed by atoms with van der Waals surface area (Å²) in [5.41, 5.74) is 8.70. The summed E-state index contributed by atoms with van der Waals surface area (Å²) in [7, 11) is 0. The van der Waals surface area contributed by atoms with Crippen LogP contribution in [0.4, 0.5) is 0 Å². The lowest BCUT2D eigenvalue weighted by molar-refractivity contribution is 0.316. The molecule has 2 rings (SSSR count). The molecule has 0 aliphatic heterocycles. The number of nitrogens with two attached hydrogens (primary N) is 1. The van der Waals surface area contributed by atoms with Crippen molar-refractivity contribution in [2.24, 2.45) is 10.9 Å². The van der Waals surface area contributed by atoms with E-state index in [1.165, 1.54) is 0 Å². The topological polar surface area (TPSA) is 58.6 Å². The van der Waals surface area contributed by atoms with Crippen LogP contribution in [-0.2, 0) is 6.42 Å². The smallest absolute Gasteiger partial charge is 0.0826 e. The fourth-order valence-electron chi connectivity index (χ4n) is 1.58. The summed E-state index contributed by atoms with van der Waals surface area (Å²) < 4.78 is 0. The van der Waals surface area contributed by atoms with Crippen molar-refractivity contribution in [3.05, 3.63) is 35.4 Å². The van der Waals surface area contributed by atoms with E-state index < -0.39 is 0 Å². The zero-order valence-electron chi connectivity index (χ0n) is 6.57. The van der Waals surface area contributed by atoms with Gasteiger partial charge in [-0.15, -0.1) is 0 Å². The summed E-state index contributed by atoms with van der Waals surface area (Å²) in [4.78, 5) is 0. The Morgan fingerprint density at radius 2 is 2.17 bits per heavy atom. The van der Waals surface area contributed by atoms with E-state index in [1.54, 1.807) is 0 Å². The Balaban J connectivity index is 2.49. The largest absolute Gasteiger partial charge is 0.411 e. The highest BCUT2D eigenvalue weighted by Gasteiger charge is 2.24. The molecule has 1 aromatic carbocycles. The van der Waals surface area contributed by atoms with Gasteiger partial charge in [-0.25, -0.2) is 0 Å². The van der Waals surface area contributed by atoms with Crippen LogP contribution in [0.25, 0.3) is 0 Å². The average Bonchev–Trinajstić information content (AvgIpc) is 2.44. The zero-order valence-corrected chi connectivity index (χ0v) is 6.57. The molecule has 0 amide bonds. The van der Waals surface area contributed by atoms with Crippen molar-refractivity contribution >= 4 is 5.71 Å². The van der Waals surface area contributed by atoms with Crippen molar-refractivity contribution in [3.8, 4) is 0 Å². The van der Waals surface area contributed by atoms with Crippen LogP contribution in [-0.4, -0.2) is 10.9 Å². The van der Waals surface area contributed by atoms with E-state index in [4.69, 9.17) is 10.9 Å². The van der Waals surface area contributed by atoms with Gasteiger partial charge in [-0.2, -0.15) is 0 Å². The molecule has 3 nitrogen and oxygen atoms in total. The Morgan fingerprint density at radius 1 is 1.42 bits per heavy atom. The molecule has 62 valence electrons. The third-order valence-corrected chi connectivity index (χ3v) is 2.25. The van der Waals surface area contributed by atoms with Gasteiger partial charge in [0.2, 0.25) is 0 Å². The molecular weight excluding hydrogens is 152 g/mol. The minimum Gasteiger partial charge on any atom is -0.411 e. The highest BCUT2D eigenvalue weighted by molar-refractivity contribution is 5.96. The van der Waals surface area contributed by atoms with Crippen LogP contribution in [0, 0.1) is 0 Å². The van der Waals surface area contributed by atoms with Gasteiger partial charge in [0.05, 0.1) is 11.8 Å². The Labute approximate surface area is 70.5 Å². The molecule has 1 atom stereocenters. The van der Waals surface area contributed by atoms with Crippen molar-refractivity contribution in [3.63, 3.8) is 0 Å². The number of hydrogen-bond acceptors (Lipinski definition) is 3. The Bertz CT molecular complexity index is 333. The summed E-state index contributed by atoms with van der Waals surface area (Å²) in [6, 6.07) is 7.67. The van der Waals surface area contributed by atoms with E-state index in [-0.39, 0.29) is 6.04 Å². The molecule has 0 saturated heterocycles. The predicted octanol–water partition coefficient (Wildman–Crippen LogP) is 1.07. The number of fused-ring (bicyclic) bond motifs is 1. The van der Waals surface area contributed by atoms with Gasteiger partial charge in [-0.05, 0) is 11.1 Å². The first-order valence-electron chi connectivity index (χ1n) is 3.87. The fourth-order valence-corrected chi connectivity index (χ4v) is 1.58. The molecule has 3 N–H and O–H groups in total. The molecule has 3 heteroatoms. The second-order valence-corrected chi connectivity index (χ2v) is 2.94. The van der Waals surface area contributed by atoms with Gasteiger partial charge in [0.15, 0.2) is 0 Å². The molecule has 0 spiro atoms. The summed E-state index contributed by atoms with van der Waals surface area (Å²) in [6.45, 7) is 0. The van der Waals surface area contributed by atoms with E-state index in [0.717, 1.165) is 11.1 Å². The van der Waals surface area contributed by atoms with Gasteiger partial charge in [0.25, 0.3) is 0 Å². The highest BCUT2D eigenvalue weighted by Crippen LogP contribution is 2.26. The van der Waals surface area contributed by atoms with Gasteiger partial charge in [0, 0.05) is 6.42 Å². The van der Waals surface area contributed by atoms with Gasteiger partial charge in [-0.1, -0.05) is 29.4 Å². The lowest BCUT2D eigenvalue weighted by atomic mass is 10.1. The van der Waals surface area contributed by atoms with Crippen molar-refractivity contribution < 1.29 is 5.21 Å². The minimum atomic E-state index is -0.216. The number of hydrogen-bond donors (Lipinski definition) is 2. The van der Waals surface area contributed by atoms with Gasteiger partial charge in [0.1, 0.15) is 0 Å². The van der Waals surface area contributed by atoms with Gasteiger partial charge >= 0.3 is 0 Å². The predicted molar refractivity (Wildman–Crippen MR) is 46.3 cm³/mol. The lowest BCUT2D eigenvalue weighted by Gasteiger charge is -2.02. The third kappa shape index (κ3) is 0.905. The third-order valence-electron chi connectivity index (χ3n) is 2.25. The maximum Gasteiger partial charge on any atom is 0.0826 e. The standard InChI is InChI=1S/C9H10N2O/c10-9-7-4-2-1-3-6(7)5-8(9)11-12/h1-4,9,12H,5,10H2. The van der Waals surface area contributed by atoms with Crippen LogP contribution in [0.5, 0.6) is 0 Å². The number of oxime groups is 1. The Kier molecular flexibility index (Phi) is 1.59. The van der Waals surface area contributed by atoms with Crippen molar-refractivity contribution in [2.45, 2.75) is 12.5 Å². The normalized spacial score (nSPS) is 24.4. The minimum absolute atomic E-state index is 0.216. The van der Waals surface area contributed by atoms with Crippen LogP contribution in [0.3, 0.4) is 0 Å². The van der Waals surface area contributed by atoms with Crippen LogP contribution >= 0.6 is 0 Å². The van der Waals surface area contributed by atoms with Crippen LogP contribution in [0.2, 0.25) is 0 Å². The van der Waals surface area contributed by atoms with Crippen LogP contribution in [0.1, 0.15) is 17.2 Å². The monoisotopic (exact) mass is 162 g/mol. The molecule has 0 radical (unpaired) electrons. The summed E-state index contributed by atoms with van der Waals surface area (Å²) in [6.07, 6.45) is 0.674. The molecule has 1 unspecified atom stereocenters. The van der Waals surface area contributed by atoms with Crippen molar-refractivity contribution in [2.75, 3.05) is 0 Å². The molecular formula is C9H10N2O. The van der Waals surface area contributed by atoms with E-state index >= 15 is 0 Å². The molecule has 12 heavy (non-hydrogen) atoms. The molecule has 0 heterocycles. The SMILES string of the molecule is NC1C(=NO)Cc2ccccc21. The fraction of sp³-hybridized carbons (Fsp3) is 0.222.